The van der Waals surface area contributed by atoms with E-state index in [0.717, 1.165) is 11.3 Å². The molecular weight excluding hydrogens is 212 g/mol. The van der Waals surface area contributed by atoms with Gasteiger partial charge in [-0.15, -0.1) is 5.10 Å². The van der Waals surface area contributed by atoms with Gasteiger partial charge in [0.1, 0.15) is 6.61 Å². The predicted octanol–water partition coefficient (Wildman–Crippen LogP) is 3.18. The molecule has 1 heterocycles. The summed E-state index contributed by atoms with van der Waals surface area (Å²) in [6.45, 7) is 4.71. The molecule has 1 aromatic carbocycles. The molecular formula is C14H16N2O. The Morgan fingerprint density at radius 1 is 1.00 bits per heavy atom. The fourth-order valence-corrected chi connectivity index (χ4v) is 1.45. The van der Waals surface area contributed by atoms with Crippen LogP contribution in [0.2, 0.25) is 0 Å². The van der Waals surface area contributed by atoms with Crippen LogP contribution in [0.4, 0.5) is 0 Å². The fourth-order valence-electron chi connectivity index (χ4n) is 1.45. The van der Waals surface area contributed by atoms with Gasteiger partial charge in [0.05, 0.1) is 5.69 Å². The standard InChI is InChI=1S/C14H16N2O/c1-11(2)13-8-9-14(16-15-13)17-10-12-6-4-3-5-7-12/h3-9,11H,10H2,1-2H3. The normalized spacial score (nSPS) is 10.5. The Hall–Kier alpha value is -1.90. The Morgan fingerprint density at radius 3 is 2.35 bits per heavy atom. The van der Waals surface area contributed by atoms with Crippen molar-refractivity contribution in [1.82, 2.24) is 10.2 Å². The Bertz CT molecular complexity index is 451. The summed E-state index contributed by atoms with van der Waals surface area (Å²) in [7, 11) is 0. The van der Waals surface area contributed by atoms with E-state index in [1.807, 2.05) is 42.5 Å². The van der Waals surface area contributed by atoms with E-state index in [4.69, 9.17) is 4.74 Å². The van der Waals surface area contributed by atoms with Crippen LogP contribution in [-0.4, -0.2) is 10.2 Å². The molecule has 3 nitrogen and oxygen atoms in total. The lowest BCUT2D eigenvalue weighted by molar-refractivity contribution is 0.289. The van der Waals surface area contributed by atoms with Gasteiger partial charge in [0.15, 0.2) is 0 Å². The van der Waals surface area contributed by atoms with Gasteiger partial charge in [0.2, 0.25) is 5.88 Å². The highest BCUT2D eigenvalue weighted by Gasteiger charge is 2.02. The molecule has 0 aliphatic carbocycles. The molecule has 2 aromatic rings. The third-order valence-corrected chi connectivity index (χ3v) is 2.48. The quantitative estimate of drug-likeness (QED) is 0.806. The molecule has 0 amide bonds. The zero-order valence-electron chi connectivity index (χ0n) is 10.1. The van der Waals surface area contributed by atoms with Crippen molar-refractivity contribution in [2.75, 3.05) is 0 Å². The minimum Gasteiger partial charge on any atom is -0.472 e. The van der Waals surface area contributed by atoms with E-state index < -0.39 is 0 Å². The van der Waals surface area contributed by atoms with Crippen molar-refractivity contribution in [2.45, 2.75) is 26.4 Å². The van der Waals surface area contributed by atoms with E-state index in [1.54, 1.807) is 0 Å². The average molecular weight is 228 g/mol. The highest BCUT2D eigenvalue weighted by Crippen LogP contribution is 2.13. The van der Waals surface area contributed by atoms with E-state index in [9.17, 15) is 0 Å². The van der Waals surface area contributed by atoms with Crippen molar-refractivity contribution in [3.8, 4) is 5.88 Å². The summed E-state index contributed by atoms with van der Waals surface area (Å²) in [6, 6.07) is 13.8. The summed E-state index contributed by atoms with van der Waals surface area (Å²) in [6.07, 6.45) is 0. The number of rotatable bonds is 4. The molecule has 2 rings (SSSR count). The first-order valence-corrected chi connectivity index (χ1v) is 5.76. The Morgan fingerprint density at radius 2 is 1.76 bits per heavy atom. The van der Waals surface area contributed by atoms with Gasteiger partial charge in [-0.3, -0.25) is 0 Å². The van der Waals surface area contributed by atoms with Crippen molar-refractivity contribution in [1.29, 1.82) is 0 Å². The molecule has 0 N–H and O–H groups in total. The summed E-state index contributed by atoms with van der Waals surface area (Å²) < 4.78 is 5.55. The van der Waals surface area contributed by atoms with Gasteiger partial charge in [-0.25, -0.2) is 0 Å². The van der Waals surface area contributed by atoms with E-state index in [2.05, 4.69) is 24.0 Å². The SMILES string of the molecule is CC(C)c1ccc(OCc2ccccc2)nn1. The predicted molar refractivity (Wildman–Crippen MR) is 66.9 cm³/mol. The zero-order valence-corrected chi connectivity index (χ0v) is 10.1. The lowest BCUT2D eigenvalue weighted by Crippen LogP contribution is -2.00. The van der Waals surface area contributed by atoms with Crippen LogP contribution in [-0.2, 0) is 6.61 Å². The van der Waals surface area contributed by atoms with E-state index in [0.29, 0.717) is 18.4 Å². The zero-order chi connectivity index (χ0) is 12.1. The molecule has 0 atom stereocenters. The van der Waals surface area contributed by atoms with Gasteiger partial charge >= 0.3 is 0 Å². The second-order valence-corrected chi connectivity index (χ2v) is 4.23. The molecule has 0 aliphatic heterocycles. The highest BCUT2D eigenvalue weighted by atomic mass is 16.5. The molecule has 0 saturated carbocycles. The number of hydrogen-bond acceptors (Lipinski definition) is 3. The molecule has 0 aliphatic rings. The third-order valence-electron chi connectivity index (χ3n) is 2.48. The first-order chi connectivity index (χ1) is 8.25. The van der Waals surface area contributed by atoms with Gasteiger partial charge in [-0.1, -0.05) is 44.2 Å². The van der Waals surface area contributed by atoms with Crippen LogP contribution in [0.5, 0.6) is 5.88 Å². The van der Waals surface area contributed by atoms with Gasteiger partial charge in [-0.2, -0.15) is 5.10 Å². The minimum absolute atomic E-state index is 0.394. The number of hydrogen-bond donors (Lipinski definition) is 0. The van der Waals surface area contributed by atoms with E-state index >= 15 is 0 Å². The third kappa shape index (κ3) is 3.28. The van der Waals surface area contributed by atoms with Crippen molar-refractivity contribution in [3.05, 3.63) is 53.7 Å². The molecule has 0 bridgehead atoms. The molecule has 1 aromatic heterocycles. The summed E-state index contributed by atoms with van der Waals surface area (Å²) in [5.41, 5.74) is 2.11. The number of aromatic nitrogens is 2. The van der Waals surface area contributed by atoms with Crippen LogP contribution in [0.1, 0.15) is 31.0 Å². The highest BCUT2D eigenvalue weighted by molar-refractivity contribution is 5.16. The first kappa shape index (κ1) is 11.6. The van der Waals surface area contributed by atoms with Crippen molar-refractivity contribution >= 4 is 0 Å². The maximum atomic E-state index is 5.55. The summed E-state index contributed by atoms with van der Waals surface area (Å²) in [5.74, 6) is 0.962. The summed E-state index contributed by atoms with van der Waals surface area (Å²) in [5, 5.41) is 8.16. The van der Waals surface area contributed by atoms with E-state index in [1.165, 1.54) is 0 Å². The second-order valence-electron chi connectivity index (χ2n) is 4.23. The van der Waals surface area contributed by atoms with Crippen molar-refractivity contribution in [2.24, 2.45) is 0 Å². The molecule has 0 radical (unpaired) electrons. The average Bonchev–Trinajstić information content (AvgIpc) is 2.38. The monoisotopic (exact) mass is 228 g/mol. The largest absolute Gasteiger partial charge is 0.472 e. The van der Waals surface area contributed by atoms with Gasteiger partial charge in [-0.05, 0) is 17.5 Å². The van der Waals surface area contributed by atoms with Gasteiger partial charge in [0.25, 0.3) is 0 Å². The van der Waals surface area contributed by atoms with Crippen LogP contribution in [0, 0.1) is 0 Å². The maximum absolute atomic E-state index is 5.55. The van der Waals surface area contributed by atoms with Crippen LogP contribution in [0.15, 0.2) is 42.5 Å². The molecule has 0 saturated heterocycles. The number of ether oxygens (including phenoxy) is 1. The molecule has 0 unspecified atom stereocenters. The van der Waals surface area contributed by atoms with Crippen LogP contribution in [0.3, 0.4) is 0 Å². The lowest BCUT2D eigenvalue weighted by Gasteiger charge is -2.06. The molecule has 0 spiro atoms. The molecule has 17 heavy (non-hydrogen) atoms. The lowest BCUT2D eigenvalue weighted by atomic mass is 10.1. The minimum atomic E-state index is 0.394. The van der Waals surface area contributed by atoms with E-state index in [-0.39, 0.29) is 0 Å². The Labute approximate surface area is 101 Å². The number of benzene rings is 1. The Kier molecular flexibility index (Phi) is 3.70. The summed E-state index contributed by atoms with van der Waals surface area (Å²) >= 11 is 0. The molecule has 88 valence electrons. The topological polar surface area (TPSA) is 35.0 Å². The van der Waals surface area contributed by atoms with Crippen LogP contribution in [0.25, 0.3) is 0 Å². The molecule has 3 heteroatoms. The van der Waals surface area contributed by atoms with Crippen molar-refractivity contribution in [3.63, 3.8) is 0 Å². The fraction of sp³-hybridized carbons (Fsp3) is 0.286. The maximum Gasteiger partial charge on any atom is 0.233 e. The van der Waals surface area contributed by atoms with Crippen LogP contribution < -0.4 is 4.74 Å². The van der Waals surface area contributed by atoms with Crippen LogP contribution >= 0.6 is 0 Å². The van der Waals surface area contributed by atoms with Crippen molar-refractivity contribution < 1.29 is 4.74 Å². The second kappa shape index (κ2) is 5.43. The van der Waals surface area contributed by atoms with Gasteiger partial charge in [0, 0.05) is 6.07 Å². The first-order valence-electron chi connectivity index (χ1n) is 5.76. The molecule has 0 fully saturated rings. The van der Waals surface area contributed by atoms with Gasteiger partial charge < -0.3 is 4.74 Å². The summed E-state index contributed by atoms with van der Waals surface area (Å²) in [4.78, 5) is 0. The Balaban J connectivity index is 1.96. The number of nitrogens with zero attached hydrogens (tertiary/aromatic N) is 2. The smallest absolute Gasteiger partial charge is 0.233 e.